The molecule has 154 valence electrons. The summed E-state index contributed by atoms with van der Waals surface area (Å²) in [7, 11) is 0. The summed E-state index contributed by atoms with van der Waals surface area (Å²) in [6.45, 7) is 9.26. The van der Waals surface area contributed by atoms with Crippen LogP contribution < -0.4 is 5.32 Å². The smallest absolute Gasteiger partial charge is 0.227 e. The van der Waals surface area contributed by atoms with Crippen molar-refractivity contribution in [2.24, 2.45) is 5.92 Å². The van der Waals surface area contributed by atoms with E-state index >= 15 is 0 Å². The molecule has 3 fully saturated rings. The number of pyridine rings is 1. The van der Waals surface area contributed by atoms with Crippen LogP contribution in [0.3, 0.4) is 0 Å². The number of hydrogen-bond donors (Lipinski definition) is 1. The predicted octanol–water partition coefficient (Wildman–Crippen LogP) is 1.58. The molecule has 0 bridgehead atoms. The monoisotopic (exact) mass is 385 g/mol. The Morgan fingerprint density at radius 2 is 1.82 bits per heavy atom. The van der Waals surface area contributed by atoms with Gasteiger partial charge in [-0.15, -0.1) is 0 Å². The summed E-state index contributed by atoms with van der Waals surface area (Å²) in [5.74, 6) is 0.616. The number of carbonyl (C=O) groups excluding carboxylic acids is 1. The Balaban J connectivity index is 1.26. The predicted molar refractivity (Wildman–Crippen MR) is 111 cm³/mol. The topological polar surface area (TPSA) is 51.7 Å². The largest absolute Gasteiger partial charge is 0.341 e. The van der Waals surface area contributed by atoms with Crippen molar-refractivity contribution in [3.63, 3.8) is 0 Å². The van der Waals surface area contributed by atoms with Crippen molar-refractivity contribution in [1.82, 2.24) is 25.0 Å². The highest BCUT2D eigenvalue weighted by Gasteiger charge is 2.33. The van der Waals surface area contributed by atoms with Gasteiger partial charge in [-0.3, -0.25) is 19.6 Å². The lowest BCUT2D eigenvalue weighted by atomic mass is 9.92. The second-order valence-corrected chi connectivity index (χ2v) is 8.63. The molecule has 1 aromatic heterocycles. The number of amides is 1. The maximum atomic E-state index is 13.0. The number of likely N-dealkylation sites (tertiary alicyclic amines) is 2. The first kappa shape index (κ1) is 19.8. The summed E-state index contributed by atoms with van der Waals surface area (Å²) in [6, 6.07) is 4.88. The molecule has 6 heteroatoms. The van der Waals surface area contributed by atoms with Crippen LogP contribution in [0.1, 0.15) is 37.7 Å². The normalized spacial score (nSPS) is 26.1. The number of aromatic nitrogens is 1. The summed E-state index contributed by atoms with van der Waals surface area (Å²) < 4.78 is 0. The fourth-order valence-corrected chi connectivity index (χ4v) is 5.05. The third-order valence-corrected chi connectivity index (χ3v) is 6.68. The molecular formula is C22H35N5O. The van der Waals surface area contributed by atoms with Crippen LogP contribution >= 0.6 is 0 Å². The van der Waals surface area contributed by atoms with Crippen LogP contribution in [-0.4, -0.2) is 84.0 Å². The van der Waals surface area contributed by atoms with Gasteiger partial charge in [0.1, 0.15) is 0 Å². The molecule has 6 nitrogen and oxygen atoms in total. The molecule has 3 aliphatic heterocycles. The van der Waals surface area contributed by atoms with Crippen molar-refractivity contribution in [1.29, 1.82) is 0 Å². The van der Waals surface area contributed by atoms with Gasteiger partial charge in [0.15, 0.2) is 0 Å². The first-order valence-electron chi connectivity index (χ1n) is 11.1. The van der Waals surface area contributed by atoms with Gasteiger partial charge in [0.25, 0.3) is 0 Å². The van der Waals surface area contributed by atoms with E-state index in [0.717, 1.165) is 65.2 Å². The maximum Gasteiger partial charge on any atom is 0.227 e. The van der Waals surface area contributed by atoms with Crippen LogP contribution in [0.4, 0.5) is 0 Å². The molecule has 1 amide bonds. The van der Waals surface area contributed by atoms with Crippen molar-refractivity contribution >= 4 is 5.91 Å². The summed E-state index contributed by atoms with van der Waals surface area (Å²) in [5, 5.41) is 3.40. The first-order chi connectivity index (χ1) is 13.8. The van der Waals surface area contributed by atoms with Gasteiger partial charge < -0.3 is 10.2 Å². The fourth-order valence-electron chi connectivity index (χ4n) is 5.05. The maximum absolute atomic E-state index is 13.0. The molecule has 3 aliphatic rings. The molecule has 0 aromatic carbocycles. The molecule has 0 aliphatic carbocycles. The molecular weight excluding hydrogens is 350 g/mol. The number of nitrogens with zero attached hydrogens (tertiary/aromatic N) is 4. The number of nitrogens with one attached hydrogen (secondary N) is 1. The number of carbonyl (C=O) groups is 1. The average Bonchev–Trinajstić information content (AvgIpc) is 3.04. The van der Waals surface area contributed by atoms with Gasteiger partial charge in [0.05, 0.1) is 5.92 Å². The number of piperidine rings is 2. The highest BCUT2D eigenvalue weighted by molar-refractivity contribution is 5.79. The lowest BCUT2D eigenvalue weighted by molar-refractivity contribution is -0.137. The molecule has 0 unspecified atom stereocenters. The molecule has 4 heterocycles. The third kappa shape index (κ3) is 5.10. The van der Waals surface area contributed by atoms with E-state index in [1.165, 1.54) is 31.4 Å². The Bertz CT molecular complexity index is 609. The minimum absolute atomic E-state index is 0.210. The molecule has 4 rings (SSSR count). The second-order valence-electron chi connectivity index (χ2n) is 8.63. The SMILES string of the molecule is O=C([C@@H]1CCCN(C2CCN(Cc3ccncc3)CC2)C1)N1CCCNCC1. The van der Waals surface area contributed by atoms with Crippen molar-refractivity contribution in [3.8, 4) is 0 Å². The lowest BCUT2D eigenvalue weighted by Gasteiger charge is -2.42. The quantitative estimate of drug-likeness (QED) is 0.853. The van der Waals surface area contributed by atoms with Crippen LogP contribution in [0.15, 0.2) is 24.5 Å². The van der Waals surface area contributed by atoms with E-state index in [1.54, 1.807) is 0 Å². The highest BCUT2D eigenvalue weighted by atomic mass is 16.2. The van der Waals surface area contributed by atoms with Crippen LogP contribution in [0.25, 0.3) is 0 Å². The van der Waals surface area contributed by atoms with Gasteiger partial charge in [-0.2, -0.15) is 0 Å². The van der Waals surface area contributed by atoms with Crippen molar-refractivity contribution < 1.29 is 4.79 Å². The summed E-state index contributed by atoms with van der Waals surface area (Å²) in [5.41, 5.74) is 1.35. The zero-order chi connectivity index (χ0) is 19.2. The molecule has 1 aromatic rings. The van der Waals surface area contributed by atoms with E-state index in [2.05, 4.69) is 37.1 Å². The minimum atomic E-state index is 0.210. The first-order valence-corrected chi connectivity index (χ1v) is 11.1. The van der Waals surface area contributed by atoms with E-state index in [9.17, 15) is 4.79 Å². The average molecular weight is 386 g/mol. The van der Waals surface area contributed by atoms with E-state index < -0.39 is 0 Å². The van der Waals surface area contributed by atoms with E-state index in [0.29, 0.717) is 11.9 Å². The van der Waals surface area contributed by atoms with Crippen molar-refractivity contribution in [3.05, 3.63) is 30.1 Å². The molecule has 0 saturated carbocycles. The highest BCUT2D eigenvalue weighted by Crippen LogP contribution is 2.26. The van der Waals surface area contributed by atoms with E-state index in [-0.39, 0.29) is 5.92 Å². The fraction of sp³-hybridized carbons (Fsp3) is 0.727. The van der Waals surface area contributed by atoms with Gasteiger partial charge in [-0.25, -0.2) is 0 Å². The molecule has 1 atom stereocenters. The summed E-state index contributed by atoms with van der Waals surface area (Å²) >= 11 is 0. The zero-order valence-electron chi connectivity index (χ0n) is 17.1. The summed E-state index contributed by atoms with van der Waals surface area (Å²) in [6.07, 6.45) is 9.53. The lowest BCUT2D eigenvalue weighted by Crippen LogP contribution is -2.51. The van der Waals surface area contributed by atoms with Gasteiger partial charge in [0, 0.05) is 51.2 Å². The number of rotatable bonds is 4. The molecule has 0 spiro atoms. The Morgan fingerprint density at radius 1 is 1.00 bits per heavy atom. The Labute approximate surface area is 169 Å². The van der Waals surface area contributed by atoms with Crippen molar-refractivity contribution in [2.75, 3.05) is 52.4 Å². The van der Waals surface area contributed by atoms with Crippen molar-refractivity contribution in [2.45, 2.75) is 44.7 Å². The van der Waals surface area contributed by atoms with Gasteiger partial charge in [-0.1, -0.05) is 0 Å². The minimum Gasteiger partial charge on any atom is -0.341 e. The number of hydrogen-bond acceptors (Lipinski definition) is 5. The second kappa shape index (κ2) is 9.81. The Kier molecular flexibility index (Phi) is 6.94. The van der Waals surface area contributed by atoms with Gasteiger partial charge in [-0.05, 0) is 76.0 Å². The molecule has 3 saturated heterocycles. The van der Waals surface area contributed by atoms with Crippen LogP contribution in [0.5, 0.6) is 0 Å². The molecule has 1 N–H and O–H groups in total. The molecule has 28 heavy (non-hydrogen) atoms. The van der Waals surface area contributed by atoms with E-state index in [1.807, 2.05) is 12.4 Å². The van der Waals surface area contributed by atoms with E-state index in [4.69, 9.17) is 0 Å². The standard InChI is InChI=1S/C22H35N5O/c28-22(26-13-2-8-23-11-16-26)20-3-1-12-27(18-20)21-6-14-25(15-7-21)17-19-4-9-24-10-5-19/h4-5,9-10,20-21,23H,1-3,6-8,11-18H2/t20-/m1/s1. The summed E-state index contributed by atoms with van der Waals surface area (Å²) in [4.78, 5) is 24.5. The van der Waals surface area contributed by atoms with Crippen LogP contribution in [-0.2, 0) is 11.3 Å². The third-order valence-electron chi connectivity index (χ3n) is 6.68. The Hall–Kier alpha value is -1.50. The zero-order valence-corrected chi connectivity index (χ0v) is 17.1. The van der Waals surface area contributed by atoms with Crippen LogP contribution in [0, 0.1) is 5.92 Å². The van der Waals surface area contributed by atoms with Gasteiger partial charge >= 0.3 is 0 Å². The Morgan fingerprint density at radius 3 is 2.64 bits per heavy atom. The molecule has 0 radical (unpaired) electrons. The van der Waals surface area contributed by atoms with Crippen LogP contribution in [0.2, 0.25) is 0 Å². The van der Waals surface area contributed by atoms with Gasteiger partial charge in [0.2, 0.25) is 5.91 Å².